The van der Waals surface area contributed by atoms with Crippen molar-refractivity contribution in [1.29, 1.82) is 0 Å². The van der Waals surface area contributed by atoms with Gasteiger partial charge in [0.2, 0.25) is 5.91 Å². The van der Waals surface area contributed by atoms with E-state index >= 15 is 0 Å². The number of hydrogen-bond acceptors (Lipinski definition) is 6. The lowest BCUT2D eigenvalue weighted by Gasteiger charge is -2.36. The molecule has 194 valence electrons. The van der Waals surface area contributed by atoms with Crippen molar-refractivity contribution < 1.29 is 19.1 Å². The molecule has 8 heteroatoms. The third-order valence-electron chi connectivity index (χ3n) is 7.28. The molecule has 1 saturated heterocycles. The highest BCUT2D eigenvalue weighted by Crippen LogP contribution is 2.37. The van der Waals surface area contributed by atoms with Gasteiger partial charge in [0.15, 0.2) is 11.5 Å². The molecule has 1 aromatic heterocycles. The smallest absolute Gasteiger partial charge is 0.258 e. The van der Waals surface area contributed by atoms with Gasteiger partial charge in [0.25, 0.3) is 5.91 Å². The Balaban J connectivity index is 1.52. The predicted octanol–water partition coefficient (Wildman–Crippen LogP) is 4.03. The van der Waals surface area contributed by atoms with E-state index in [0.29, 0.717) is 49.8 Å². The number of nitrogens with zero attached hydrogens (tertiary/aromatic N) is 4. The highest BCUT2D eigenvalue weighted by Gasteiger charge is 2.36. The van der Waals surface area contributed by atoms with Crippen LogP contribution in [0.4, 0.5) is 5.82 Å². The van der Waals surface area contributed by atoms with E-state index in [1.165, 1.54) is 0 Å². The third-order valence-corrected chi connectivity index (χ3v) is 7.28. The maximum atomic E-state index is 13.9. The molecule has 0 atom stereocenters. The lowest BCUT2D eigenvalue weighted by molar-refractivity contribution is -0.129. The summed E-state index contributed by atoms with van der Waals surface area (Å²) in [5.41, 5.74) is 3.59. The number of aromatic nitrogens is 1. The number of fused-ring (bicyclic) bond motifs is 1. The molecule has 0 spiro atoms. The fourth-order valence-electron chi connectivity index (χ4n) is 5.08. The van der Waals surface area contributed by atoms with Crippen LogP contribution in [0.1, 0.15) is 41.3 Å². The van der Waals surface area contributed by atoms with Crippen molar-refractivity contribution in [3.05, 3.63) is 59.2 Å². The monoisotopic (exact) mass is 502 g/mol. The van der Waals surface area contributed by atoms with Gasteiger partial charge in [-0.25, -0.2) is 4.98 Å². The Bertz CT molecular complexity index is 1330. The number of carbonyl (C=O) groups excluding carboxylic acids is 2. The second kappa shape index (κ2) is 10.3. The van der Waals surface area contributed by atoms with E-state index in [-0.39, 0.29) is 17.9 Å². The Morgan fingerprint density at radius 3 is 2.43 bits per heavy atom. The SMILES string of the molecule is COc1cccc(C(=O)N(Cc2cc3ccc(C)cc3nc2N2CCN(C(C)=O)CC2)C2CC2)c1OC. The van der Waals surface area contributed by atoms with Crippen LogP contribution in [0, 0.1) is 6.92 Å². The lowest BCUT2D eigenvalue weighted by Crippen LogP contribution is -2.48. The summed E-state index contributed by atoms with van der Waals surface area (Å²) in [7, 11) is 3.13. The number of piperazine rings is 1. The first-order valence-corrected chi connectivity index (χ1v) is 12.8. The maximum Gasteiger partial charge on any atom is 0.258 e. The largest absolute Gasteiger partial charge is 0.493 e. The molecule has 37 heavy (non-hydrogen) atoms. The molecule has 0 radical (unpaired) electrons. The van der Waals surface area contributed by atoms with Gasteiger partial charge in [0.05, 0.1) is 25.3 Å². The number of hydrogen-bond donors (Lipinski definition) is 0. The normalized spacial score (nSPS) is 15.6. The van der Waals surface area contributed by atoms with E-state index in [0.717, 1.165) is 40.7 Å². The third kappa shape index (κ3) is 5.05. The van der Waals surface area contributed by atoms with E-state index in [4.69, 9.17) is 14.5 Å². The average Bonchev–Trinajstić information content (AvgIpc) is 3.76. The molecule has 1 aliphatic heterocycles. The molecule has 8 nitrogen and oxygen atoms in total. The first kappa shape index (κ1) is 24.9. The molecule has 2 heterocycles. The molecule has 3 aromatic rings. The van der Waals surface area contributed by atoms with Crippen LogP contribution >= 0.6 is 0 Å². The molecule has 0 unspecified atom stereocenters. The molecule has 0 N–H and O–H groups in total. The maximum absolute atomic E-state index is 13.9. The van der Waals surface area contributed by atoms with Crippen LogP contribution in [0.25, 0.3) is 10.9 Å². The molecule has 2 aromatic carbocycles. The number of anilines is 1. The van der Waals surface area contributed by atoms with Gasteiger partial charge in [-0.15, -0.1) is 0 Å². The summed E-state index contributed by atoms with van der Waals surface area (Å²) in [4.78, 5) is 37.0. The van der Waals surface area contributed by atoms with Gasteiger partial charge in [0.1, 0.15) is 5.82 Å². The Morgan fingerprint density at radius 2 is 1.78 bits per heavy atom. The summed E-state index contributed by atoms with van der Waals surface area (Å²) in [5.74, 6) is 1.90. The molecule has 5 rings (SSSR count). The van der Waals surface area contributed by atoms with Gasteiger partial charge in [-0.05, 0) is 49.6 Å². The van der Waals surface area contributed by atoms with Gasteiger partial charge in [0, 0.05) is 56.6 Å². The first-order chi connectivity index (χ1) is 17.9. The number of methoxy groups -OCH3 is 2. The van der Waals surface area contributed by atoms with Crippen molar-refractivity contribution in [3.63, 3.8) is 0 Å². The number of rotatable bonds is 7. The number of benzene rings is 2. The Labute approximate surface area is 217 Å². The number of aryl methyl sites for hydroxylation is 1. The number of carbonyl (C=O) groups is 2. The zero-order valence-corrected chi connectivity index (χ0v) is 22.0. The molecule has 1 aliphatic carbocycles. The fraction of sp³-hybridized carbons (Fsp3) is 0.414. The molecular formula is C29H34N4O4. The van der Waals surface area contributed by atoms with E-state index in [1.54, 1.807) is 33.3 Å². The summed E-state index contributed by atoms with van der Waals surface area (Å²) in [6, 6.07) is 14.0. The van der Waals surface area contributed by atoms with Crippen molar-refractivity contribution in [2.75, 3.05) is 45.3 Å². The second-order valence-electron chi connectivity index (χ2n) is 9.87. The molecule has 2 amide bonds. The minimum Gasteiger partial charge on any atom is -0.493 e. The van der Waals surface area contributed by atoms with Crippen LogP contribution < -0.4 is 14.4 Å². The van der Waals surface area contributed by atoms with Crippen LogP contribution in [0.2, 0.25) is 0 Å². The van der Waals surface area contributed by atoms with Crippen LogP contribution in [-0.2, 0) is 11.3 Å². The van der Waals surface area contributed by atoms with Gasteiger partial charge in [-0.2, -0.15) is 0 Å². The van der Waals surface area contributed by atoms with Crippen molar-refractivity contribution in [1.82, 2.24) is 14.8 Å². The summed E-state index contributed by atoms with van der Waals surface area (Å²) < 4.78 is 11.0. The summed E-state index contributed by atoms with van der Waals surface area (Å²) >= 11 is 0. The Kier molecular flexibility index (Phi) is 6.91. The zero-order valence-electron chi connectivity index (χ0n) is 22.0. The summed E-state index contributed by atoms with van der Waals surface area (Å²) in [5, 5.41) is 1.05. The molecule has 0 bridgehead atoms. The molecule has 2 fully saturated rings. The number of ether oxygens (including phenoxy) is 2. The van der Waals surface area contributed by atoms with Crippen molar-refractivity contribution in [2.45, 2.75) is 39.3 Å². The van der Waals surface area contributed by atoms with E-state index in [1.807, 2.05) is 15.9 Å². The van der Waals surface area contributed by atoms with Gasteiger partial charge >= 0.3 is 0 Å². The van der Waals surface area contributed by atoms with E-state index < -0.39 is 0 Å². The van der Waals surface area contributed by atoms with Gasteiger partial charge in [-0.3, -0.25) is 9.59 Å². The Hall–Kier alpha value is -3.81. The highest BCUT2D eigenvalue weighted by molar-refractivity contribution is 5.98. The molecule has 1 saturated carbocycles. The van der Waals surface area contributed by atoms with Crippen LogP contribution in [0.5, 0.6) is 11.5 Å². The zero-order chi connectivity index (χ0) is 26.1. The quantitative estimate of drug-likeness (QED) is 0.486. The predicted molar refractivity (Wildman–Crippen MR) is 143 cm³/mol. The minimum absolute atomic E-state index is 0.0744. The number of amides is 2. The Morgan fingerprint density at radius 1 is 1.03 bits per heavy atom. The van der Waals surface area contributed by atoms with E-state index in [9.17, 15) is 9.59 Å². The first-order valence-electron chi connectivity index (χ1n) is 12.8. The van der Waals surface area contributed by atoms with E-state index in [2.05, 4.69) is 36.1 Å². The standard InChI is InChI=1S/C29H34N4O4/c1-19-8-9-21-17-22(28(30-25(21)16-19)32-14-12-31(13-15-32)20(2)34)18-33(23-10-11-23)29(35)24-6-5-7-26(36-3)27(24)37-4/h5-9,16-17,23H,10-15,18H2,1-4H3. The van der Waals surface area contributed by atoms with Crippen LogP contribution in [0.3, 0.4) is 0 Å². The molecule has 2 aliphatic rings. The fourth-order valence-corrected chi connectivity index (χ4v) is 5.08. The van der Waals surface area contributed by atoms with Crippen molar-refractivity contribution >= 4 is 28.5 Å². The number of para-hydroxylation sites is 1. The minimum atomic E-state index is -0.0744. The highest BCUT2D eigenvalue weighted by atomic mass is 16.5. The van der Waals surface area contributed by atoms with Crippen molar-refractivity contribution in [3.8, 4) is 11.5 Å². The van der Waals surface area contributed by atoms with Crippen LogP contribution in [0.15, 0.2) is 42.5 Å². The number of pyridine rings is 1. The van der Waals surface area contributed by atoms with Gasteiger partial charge in [-0.1, -0.05) is 18.2 Å². The molecular weight excluding hydrogens is 468 g/mol. The van der Waals surface area contributed by atoms with Crippen LogP contribution in [-0.4, -0.2) is 73.0 Å². The average molecular weight is 503 g/mol. The van der Waals surface area contributed by atoms with Gasteiger partial charge < -0.3 is 24.2 Å². The lowest BCUT2D eigenvalue weighted by atomic mass is 10.1. The van der Waals surface area contributed by atoms with Crippen molar-refractivity contribution in [2.24, 2.45) is 0 Å². The second-order valence-corrected chi connectivity index (χ2v) is 9.87. The summed E-state index contributed by atoms with van der Waals surface area (Å²) in [6.45, 7) is 6.86. The summed E-state index contributed by atoms with van der Waals surface area (Å²) in [6.07, 6.45) is 1.95. The topological polar surface area (TPSA) is 75.2 Å².